The fraction of sp³-hybridized carbons (Fsp3) is 0.316. The van der Waals surface area contributed by atoms with Crippen LogP contribution in [0.4, 0.5) is 0 Å². The molecule has 4 aromatic rings. The highest BCUT2D eigenvalue weighted by atomic mass is 31.1. The van der Waals surface area contributed by atoms with Crippen LogP contribution in [0.15, 0.2) is 108 Å². The molecule has 0 radical (unpaired) electrons. The van der Waals surface area contributed by atoms with Crippen molar-refractivity contribution in [3.8, 4) is 23.0 Å². The molecule has 0 spiro atoms. The lowest BCUT2D eigenvalue weighted by Crippen LogP contribution is -2.24. The van der Waals surface area contributed by atoms with E-state index in [1.807, 2.05) is 0 Å². The van der Waals surface area contributed by atoms with Crippen molar-refractivity contribution >= 4 is 37.1 Å². The van der Waals surface area contributed by atoms with E-state index in [4.69, 9.17) is 18.9 Å². The van der Waals surface area contributed by atoms with Gasteiger partial charge in [-0.15, -0.1) is 0 Å². The number of ether oxygens (including phenoxy) is 4. The number of hydrogen-bond donors (Lipinski definition) is 0. The van der Waals surface area contributed by atoms with Crippen LogP contribution in [0.2, 0.25) is 0 Å². The molecule has 0 bridgehead atoms. The first-order valence-corrected chi connectivity index (χ1v) is 18.9. The number of para-hydroxylation sites is 4. The number of allylic oxidation sites excluding steroid dienone is 2. The minimum absolute atomic E-state index is 0.643. The second kappa shape index (κ2) is 16.1. The predicted molar refractivity (Wildman–Crippen MR) is 189 cm³/mol. The maximum absolute atomic E-state index is 6.19. The van der Waals surface area contributed by atoms with Gasteiger partial charge in [0.05, 0.1) is 26.4 Å². The molecule has 1 aliphatic rings. The first-order valence-electron chi connectivity index (χ1n) is 15.8. The summed E-state index contributed by atoms with van der Waals surface area (Å²) in [4.78, 5) is 0. The van der Waals surface area contributed by atoms with Crippen LogP contribution in [-0.2, 0) is 0 Å². The monoisotopic (exact) mass is 626 g/mol. The van der Waals surface area contributed by atoms with Crippen LogP contribution in [0, 0.1) is 0 Å². The maximum atomic E-state index is 6.19. The molecule has 0 heterocycles. The lowest BCUT2D eigenvalue weighted by atomic mass is 9.91. The Labute approximate surface area is 265 Å². The summed E-state index contributed by atoms with van der Waals surface area (Å²) in [5.41, 5.74) is 3.15. The van der Waals surface area contributed by atoms with Gasteiger partial charge in [0.25, 0.3) is 0 Å². The normalized spacial score (nSPS) is 12.8. The van der Waals surface area contributed by atoms with Crippen LogP contribution in [0.5, 0.6) is 23.0 Å². The second-order valence-corrected chi connectivity index (χ2v) is 14.8. The molecule has 230 valence electrons. The van der Waals surface area contributed by atoms with E-state index in [0.717, 1.165) is 48.2 Å². The molecule has 0 unspecified atom stereocenters. The van der Waals surface area contributed by atoms with Crippen LogP contribution >= 0.6 is 15.8 Å². The van der Waals surface area contributed by atoms with Crippen molar-refractivity contribution in [2.75, 3.05) is 38.8 Å². The zero-order valence-corrected chi connectivity index (χ0v) is 28.2. The molecular formula is C38H44O4P2. The quantitative estimate of drug-likeness (QED) is 0.0935. The summed E-state index contributed by atoms with van der Waals surface area (Å²) in [5, 5.41) is 5.11. The summed E-state index contributed by atoms with van der Waals surface area (Å²) in [6.45, 7) is 10.8. The van der Waals surface area contributed by atoms with Gasteiger partial charge in [0.1, 0.15) is 23.0 Å². The summed E-state index contributed by atoms with van der Waals surface area (Å²) in [6.07, 6.45) is 4.26. The van der Waals surface area contributed by atoms with Crippen LogP contribution in [0.3, 0.4) is 0 Å². The van der Waals surface area contributed by atoms with E-state index in [1.54, 1.807) is 11.1 Å². The van der Waals surface area contributed by atoms with Crippen molar-refractivity contribution in [1.82, 2.24) is 0 Å². The van der Waals surface area contributed by atoms with Gasteiger partial charge >= 0.3 is 0 Å². The van der Waals surface area contributed by atoms with Crippen molar-refractivity contribution in [3.63, 3.8) is 0 Å². The molecule has 1 aliphatic carbocycles. The van der Waals surface area contributed by atoms with Crippen LogP contribution < -0.4 is 40.2 Å². The number of rotatable bonds is 16. The molecule has 0 saturated carbocycles. The molecule has 0 amide bonds. The number of benzene rings is 4. The van der Waals surface area contributed by atoms with Crippen molar-refractivity contribution in [2.45, 2.75) is 40.5 Å². The molecule has 4 nitrogen and oxygen atoms in total. The Morgan fingerprint density at radius 3 is 0.886 bits per heavy atom. The lowest BCUT2D eigenvalue weighted by molar-refractivity contribution is 0.342. The van der Waals surface area contributed by atoms with Gasteiger partial charge in [-0.3, -0.25) is 0 Å². The molecule has 0 aliphatic heterocycles. The highest BCUT2D eigenvalue weighted by molar-refractivity contribution is 7.74. The smallest absolute Gasteiger partial charge is 0.127 e. The molecule has 0 N–H and O–H groups in total. The fourth-order valence-corrected chi connectivity index (χ4v) is 11.1. The summed E-state index contributed by atoms with van der Waals surface area (Å²) < 4.78 is 24.7. The first-order chi connectivity index (χ1) is 21.7. The molecule has 6 heteroatoms. The summed E-state index contributed by atoms with van der Waals surface area (Å²) >= 11 is 0. The Hall–Kier alpha value is -3.32. The predicted octanol–water partition coefficient (Wildman–Crippen LogP) is 7.94. The average Bonchev–Trinajstić information content (AvgIpc) is 3.04. The molecular weight excluding hydrogens is 582 g/mol. The Balaban J connectivity index is 1.57. The minimum Gasteiger partial charge on any atom is -0.493 e. The highest BCUT2D eigenvalue weighted by Gasteiger charge is 2.30. The van der Waals surface area contributed by atoms with Gasteiger partial charge < -0.3 is 18.9 Å². The topological polar surface area (TPSA) is 36.9 Å². The second-order valence-electron chi connectivity index (χ2n) is 10.5. The Morgan fingerprint density at radius 1 is 0.409 bits per heavy atom. The largest absolute Gasteiger partial charge is 0.493 e. The summed E-state index contributed by atoms with van der Waals surface area (Å²) in [6, 6.07) is 34.3. The van der Waals surface area contributed by atoms with Gasteiger partial charge in [0.2, 0.25) is 0 Å². The zero-order chi connectivity index (χ0) is 30.7. The first kappa shape index (κ1) is 32.1. The van der Waals surface area contributed by atoms with E-state index in [1.165, 1.54) is 21.2 Å². The molecule has 5 rings (SSSR count). The van der Waals surface area contributed by atoms with E-state index < -0.39 is 15.8 Å². The SMILES string of the molecule is CCOc1ccccc1P(CC1=C(CP(c2ccccc2OCC)c2ccccc2OCC)CC1)c1ccccc1OCC. The fourth-order valence-electron chi connectivity index (χ4n) is 5.67. The third-order valence-corrected chi connectivity index (χ3v) is 13.0. The van der Waals surface area contributed by atoms with Crippen LogP contribution in [0.1, 0.15) is 40.5 Å². The molecule has 0 saturated heterocycles. The molecule has 44 heavy (non-hydrogen) atoms. The molecule has 4 aromatic carbocycles. The Morgan fingerprint density at radius 2 is 0.659 bits per heavy atom. The number of hydrogen-bond acceptors (Lipinski definition) is 4. The Bertz CT molecular complexity index is 1340. The zero-order valence-electron chi connectivity index (χ0n) is 26.4. The van der Waals surface area contributed by atoms with Gasteiger partial charge in [0.15, 0.2) is 0 Å². The van der Waals surface area contributed by atoms with Crippen LogP contribution in [-0.4, -0.2) is 38.8 Å². The van der Waals surface area contributed by atoms with E-state index >= 15 is 0 Å². The van der Waals surface area contributed by atoms with E-state index in [-0.39, 0.29) is 0 Å². The van der Waals surface area contributed by atoms with E-state index in [2.05, 4.69) is 125 Å². The van der Waals surface area contributed by atoms with Crippen LogP contribution in [0.25, 0.3) is 0 Å². The van der Waals surface area contributed by atoms with E-state index in [0.29, 0.717) is 26.4 Å². The van der Waals surface area contributed by atoms with Crippen molar-refractivity contribution in [1.29, 1.82) is 0 Å². The third-order valence-electron chi connectivity index (χ3n) is 7.75. The highest BCUT2D eigenvalue weighted by Crippen LogP contribution is 2.50. The van der Waals surface area contributed by atoms with Gasteiger partial charge in [-0.05, 0) is 93.0 Å². The van der Waals surface area contributed by atoms with Gasteiger partial charge in [-0.1, -0.05) is 83.9 Å². The van der Waals surface area contributed by atoms with E-state index in [9.17, 15) is 0 Å². The van der Waals surface area contributed by atoms with Crippen molar-refractivity contribution < 1.29 is 18.9 Å². The summed E-state index contributed by atoms with van der Waals surface area (Å²) in [5.74, 6) is 3.92. The maximum Gasteiger partial charge on any atom is 0.127 e. The van der Waals surface area contributed by atoms with Gasteiger partial charge in [0, 0.05) is 21.2 Å². The van der Waals surface area contributed by atoms with Crippen molar-refractivity contribution in [2.24, 2.45) is 0 Å². The lowest BCUT2D eigenvalue weighted by Gasteiger charge is -2.33. The molecule has 0 fully saturated rings. The standard InChI is InChI=1S/C38H44O4P2/c1-5-39-31-17-9-13-21-35(31)43(36-22-14-10-18-32(36)40-6-2)27-29-25-26-30(29)28-44(37-23-15-11-19-33(37)41-7-3)38-24-16-12-20-34(38)42-8-4/h9-24H,5-8,25-28H2,1-4H3. The van der Waals surface area contributed by atoms with Crippen molar-refractivity contribution in [3.05, 3.63) is 108 Å². The molecule has 0 aromatic heterocycles. The Kier molecular flexibility index (Phi) is 11.8. The average molecular weight is 627 g/mol. The molecule has 0 atom stereocenters. The van der Waals surface area contributed by atoms with Gasteiger partial charge in [-0.25, -0.2) is 0 Å². The third kappa shape index (κ3) is 7.48. The van der Waals surface area contributed by atoms with Gasteiger partial charge in [-0.2, -0.15) is 0 Å². The minimum atomic E-state index is -0.744. The summed E-state index contributed by atoms with van der Waals surface area (Å²) in [7, 11) is -1.49.